The number of nitrogens with zero attached hydrogens (tertiary/aromatic N) is 2. The zero-order chi connectivity index (χ0) is 13.0. The van der Waals surface area contributed by atoms with Gasteiger partial charge in [0.05, 0.1) is 18.6 Å². The minimum absolute atomic E-state index is 0.314. The minimum atomic E-state index is -0.959. The summed E-state index contributed by atoms with van der Waals surface area (Å²) < 4.78 is 0. The first-order valence-corrected chi connectivity index (χ1v) is 6.66. The quantitative estimate of drug-likeness (QED) is 0.724. The monoisotopic (exact) mass is 270 g/mol. The number of aliphatic carboxylic acids is 1. The molecule has 98 valence electrons. The fourth-order valence-corrected chi connectivity index (χ4v) is 2.74. The topological polar surface area (TPSA) is 98.3 Å². The lowest BCUT2D eigenvalue weighted by molar-refractivity contribution is -0.141. The molecular formula is C10H14N4O3S. The standard InChI is InChI=1S/C10H14N4O3S/c15-9(16)8-5-18-2-1-14(8)10(17)12-4-7-3-11-6-13-7/h3,6,8H,1-2,4-5H2,(H,11,13)(H,12,17)(H,15,16). The number of thioether (sulfide) groups is 1. The summed E-state index contributed by atoms with van der Waals surface area (Å²) in [6, 6.07) is -1.09. The summed E-state index contributed by atoms with van der Waals surface area (Å²) in [5.74, 6) is 0.243. The van der Waals surface area contributed by atoms with Crippen molar-refractivity contribution in [2.24, 2.45) is 0 Å². The molecule has 1 fully saturated rings. The van der Waals surface area contributed by atoms with Crippen LogP contribution in [-0.4, -0.2) is 56.1 Å². The number of carbonyl (C=O) groups excluding carboxylic acids is 1. The summed E-state index contributed by atoms with van der Waals surface area (Å²) in [5, 5.41) is 11.7. The molecule has 1 aromatic heterocycles. The normalized spacial score (nSPS) is 19.6. The molecule has 8 heteroatoms. The molecule has 2 rings (SSSR count). The van der Waals surface area contributed by atoms with Gasteiger partial charge in [-0.3, -0.25) is 0 Å². The Labute approximate surface area is 108 Å². The Bertz CT molecular complexity index is 423. The van der Waals surface area contributed by atoms with Crippen molar-refractivity contribution in [2.75, 3.05) is 18.1 Å². The Balaban J connectivity index is 1.92. The maximum absolute atomic E-state index is 11.9. The number of aromatic nitrogens is 2. The molecule has 1 aromatic rings. The van der Waals surface area contributed by atoms with Gasteiger partial charge in [-0.05, 0) is 0 Å². The molecule has 3 N–H and O–H groups in total. The van der Waals surface area contributed by atoms with E-state index >= 15 is 0 Å². The number of carboxylic acid groups (broad SMARTS) is 1. The Morgan fingerprint density at radius 2 is 2.50 bits per heavy atom. The van der Waals surface area contributed by atoms with Gasteiger partial charge in [-0.1, -0.05) is 0 Å². The van der Waals surface area contributed by atoms with Crippen LogP contribution in [0.25, 0.3) is 0 Å². The van der Waals surface area contributed by atoms with E-state index in [0.717, 1.165) is 11.4 Å². The number of carboxylic acids is 1. The van der Waals surface area contributed by atoms with E-state index in [-0.39, 0.29) is 6.03 Å². The molecule has 1 unspecified atom stereocenters. The van der Waals surface area contributed by atoms with Gasteiger partial charge in [0.1, 0.15) is 6.04 Å². The molecule has 2 heterocycles. The summed E-state index contributed by atoms with van der Waals surface area (Å²) >= 11 is 1.55. The molecule has 1 aliphatic heterocycles. The molecule has 2 amide bonds. The van der Waals surface area contributed by atoms with Gasteiger partial charge in [-0.15, -0.1) is 0 Å². The summed E-state index contributed by atoms with van der Waals surface area (Å²) in [5.41, 5.74) is 0.779. The second-order valence-corrected chi connectivity index (χ2v) is 5.01. The number of hydrogen-bond acceptors (Lipinski definition) is 4. The van der Waals surface area contributed by atoms with E-state index in [1.165, 1.54) is 11.2 Å². The van der Waals surface area contributed by atoms with E-state index in [9.17, 15) is 9.59 Å². The predicted octanol–water partition coefficient (Wildman–Crippen LogP) is 0.121. The Morgan fingerprint density at radius 3 is 3.17 bits per heavy atom. The van der Waals surface area contributed by atoms with Crippen molar-refractivity contribution in [3.8, 4) is 0 Å². The van der Waals surface area contributed by atoms with Crippen LogP contribution in [0.3, 0.4) is 0 Å². The molecule has 1 atom stereocenters. The first-order chi connectivity index (χ1) is 8.68. The van der Waals surface area contributed by atoms with Gasteiger partial charge in [0, 0.05) is 24.2 Å². The lowest BCUT2D eigenvalue weighted by Gasteiger charge is -2.32. The smallest absolute Gasteiger partial charge is 0.327 e. The summed E-state index contributed by atoms with van der Waals surface area (Å²) in [6.45, 7) is 0.769. The third-order valence-electron chi connectivity index (χ3n) is 2.66. The van der Waals surface area contributed by atoms with Crippen molar-refractivity contribution < 1.29 is 14.7 Å². The third-order valence-corrected chi connectivity index (χ3v) is 3.68. The van der Waals surface area contributed by atoms with Crippen LogP contribution >= 0.6 is 11.8 Å². The van der Waals surface area contributed by atoms with E-state index in [2.05, 4.69) is 15.3 Å². The number of hydrogen-bond donors (Lipinski definition) is 3. The Hall–Kier alpha value is -1.70. The van der Waals surface area contributed by atoms with Gasteiger partial charge >= 0.3 is 12.0 Å². The van der Waals surface area contributed by atoms with Crippen molar-refractivity contribution in [3.63, 3.8) is 0 Å². The van der Waals surface area contributed by atoms with E-state index in [0.29, 0.717) is 18.8 Å². The SMILES string of the molecule is O=C(O)C1CSCCN1C(=O)NCc1cnc[nH]1. The fourth-order valence-electron chi connectivity index (χ4n) is 1.71. The van der Waals surface area contributed by atoms with Crippen LogP contribution in [0.5, 0.6) is 0 Å². The maximum atomic E-state index is 11.9. The molecule has 0 radical (unpaired) electrons. The van der Waals surface area contributed by atoms with Gasteiger partial charge in [-0.25, -0.2) is 14.6 Å². The number of rotatable bonds is 3. The highest BCUT2D eigenvalue weighted by molar-refractivity contribution is 7.99. The lowest BCUT2D eigenvalue weighted by Crippen LogP contribution is -2.53. The van der Waals surface area contributed by atoms with Crippen LogP contribution in [-0.2, 0) is 11.3 Å². The highest BCUT2D eigenvalue weighted by Gasteiger charge is 2.32. The third kappa shape index (κ3) is 2.95. The van der Waals surface area contributed by atoms with Crippen LogP contribution < -0.4 is 5.32 Å². The van der Waals surface area contributed by atoms with Crippen LogP contribution in [0.2, 0.25) is 0 Å². The number of carbonyl (C=O) groups is 2. The van der Waals surface area contributed by atoms with Gasteiger partial charge in [0.2, 0.25) is 0 Å². The molecular weight excluding hydrogens is 256 g/mol. The largest absolute Gasteiger partial charge is 0.480 e. The summed E-state index contributed by atoms with van der Waals surface area (Å²) in [4.78, 5) is 31.0. The molecule has 7 nitrogen and oxygen atoms in total. The molecule has 0 aromatic carbocycles. The van der Waals surface area contributed by atoms with Crippen LogP contribution in [0.1, 0.15) is 5.69 Å². The van der Waals surface area contributed by atoms with E-state index in [1.807, 2.05) is 0 Å². The number of aromatic amines is 1. The van der Waals surface area contributed by atoms with Crippen molar-refractivity contribution >= 4 is 23.8 Å². The minimum Gasteiger partial charge on any atom is -0.480 e. The zero-order valence-electron chi connectivity index (χ0n) is 9.63. The average Bonchev–Trinajstić information content (AvgIpc) is 2.89. The van der Waals surface area contributed by atoms with E-state index < -0.39 is 12.0 Å². The Kier molecular flexibility index (Phi) is 4.08. The summed E-state index contributed by atoms with van der Waals surface area (Å²) in [7, 11) is 0. The first kappa shape index (κ1) is 12.7. The fraction of sp³-hybridized carbons (Fsp3) is 0.500. The predicted molar refractivity (Wildman–Crippen MR) is 66.3 cm³/mol. The highest BCUT2D eigenvalue weighted by Crippen LogP contribution is 2.16. The van der Waals surface area contributed by atoms with Crippen molar-refractivity contribution in [1.29, 1.82) is 0 Å². The number of urea groups is 1. The van der Waals surface area contributed by atoms with Gasteiger partial charge in [0.25, 0.3) is 0 Å². The highest BCUT2D eigenvalue weighted by atomic mass is 32.2. The van der Waals surface area contributed by atoms with Crippen molar-refractivity contribution in [1.82, 2.24) is 20.2 Å². The maximum Gasteiger partial charge on any atom is 0.327 e. The Morgan fingerprint density at radius 1 is 1.67 bits per heavy atom. The average molecular weight is 270 g/mol. The molecule has 0 saturated carbocycles. The summed E-state index contributed by atoms with van der Waals surface area (Å²) in [6.07, 6.45) is 3.14. The molecule has 0 bridgehead atoms. The van der Waals surface area contributed by atoms with Gasteiger partial charge in [-0.2, -0.15) is 11.8 Å². The van der Waals surface area contributed by atoms with Crippen LogP contribution in [0, 0.1) is 0 Å². The second kappa shape index (κ2) is 5.76. The zero-order valence-corrected chi connectivity index (χ0v) is 10.4. The molecule has 0 aliphatic carbocycles. The van der Waals surface area contributed by atoms with E-state index in [1.54, 1.807) is 18.0 Å². The lowest BCUT2D eigenvalue weighted by atomic mass is 10.3. The molecule has 1 saturated heterocycles. The second-order valence-electron chi connectivity index (χ2n) is 3.86. The van der Waals surface area contributed by atoms with E-state index in [4.69, 9.17) is 5.11 Å². The van der Waals surface area contributed by atoms with Crippen molar-refractivity contribution in [2.45, 2.75) is 12.6 Å². The van der Waals surface area contributed by atoms with Crippen molar-refractivity contribution in [3.05, 3.63) is 18.2 Å². The molecule has 1 aliphatic rings. The van der Waals surface area contributed by atoms with Crippen LogP contribution in [0.4, 0.5) is 4.79 Å². The molecule has 0 spiro atoms. The number of amides is 2. The van der Waals surface area contributed by atoms with Gasteiger partial charge < -0.3 is 20.3 Å². The number of nitrogens with one attached hydrogen (secondary N) is 2. The van der Waals surface area contributed by atoms with Crippen LogP contribution in [0.15, 0.2) is 12.5 Å². The molecule has 18 heavy (non-hydrogen) atoms. The first-order valence-electron chi connectivity index (χ1n) is 5.51. The number of H-pyrrole nitrogens is 1. The number of imidazole rings is 1. The van der Waals surface area contributed by atoms with Gasteiger partial charge in [0.15, 0.2) is 0 Å².